The third kappa shape index (κ3) is 1.79. The van der Waals surface area contributed by atoms with Crippen molar-refractivity contribution in [2.24, 2.45) is 4.99 Å². The molecule has 1 aromatic rings. The van der Waals surface area contributed by atoms with Crippen molar-refractivity contribution in [1.82, 2.24) is 0 Å². The lowest BCUT2D eigenvalue weighted by Crippen LogP contribution is -2.32. The first-order chi connectivity index (χ1) is 8.68. The second-order valence-electron chi connectivity index (χ2n) is 4.56. The normalized spacial score (nSPS) is 16.4. The van der Waals surface area contributed by atoms with Crippen LogP contribution in [0.5, 0.6) is 11.5 Å². The predicted molar refractivity (Wildman–Crippen MR) is 67.9 cm³/mol. The summed E-state index contributed by atoms with van der Waals surface area (Å²) in [6.07, 6.45) is 4.50. The first-order valence-electron chi connectivity index (χ1n) is 5.99. The van der Waals surface area contributed by atoms with E-state index in [4.69, 9.17) is 9.47 Å². The number of nitrogens with zero attached hydrogens (tertiary/aromatic N) is 1. The van der Waals surface area contributed by atoms with E-state index in [-0.39, 0.29) is 0 Å². The summed E-state index contributed by atoms with van der Waals surface area (Å²) >= 11 is 0. The van der Waals surface area contributed by atoms with E-state index in [1.165, 1.54) is 0 Å². The van der Waals surface area contributed by atoms with Crippen LogP contribution in [0.4, 0.5) is 0 Å². The van der Waals surface area contributed by atoms with Crippen LogP contribution in [0, 0.1) is 6.92 Å². The maximum Gasteiger partial charge on any atom is 0.235 e. The molecule has 1 fully saturated rings. The van der Waals surface area contributed by atoms with Crippen LogP contribution in [0.15, 0.2) is 17.1 Å². The van der Waals surface area contributed by atoms with Gasteiger partial charge in [-0.3, -0.25) is 0 Å². The quantitative estimate of drug-likeness (QED) is 0.607. The van der Waals surface area contributed by atoms with Gasteiger partial charge in [0.05, 0.1) is 14.2 Å². The SMILES string of the molecule is COc1ccc(C2(N=C=O)CCC2)c(OC)c1C. The van der Waals surface area contributed by atoms with E-state index in [1.54, 1.807) is 20.3 Å². The fourth-order valence-corrected chi connectivity index (χ4v) is 2.56. The molecule has 4 heteroatoms. The van der Waals surface area contributed by atoms with Crippen LogP contribution in [0.2, 0.25) is 0 Å². The van der Waals surface area contributed by atoms with Gasteiger partial charge in [-0.2, -0.15) is 4.99 Å². The topological polar surface area (TPSA) is 47.9 Å². The van der Waals surface area contributed by atoms with Crippen molar-refractivity contribution in [1.29, 1.82) is 0 Å². The van der Waals surface area contributed by atoms with Gasteiger partial charge in [0.2, 0.25) is 6.08 Å². The molecule has 0 N–H and O–H groups in total. The first-order valence-corrected chi connectivity index (χ1v) is 5.99. The Morgan fingerprint density at radius 2 is 2.00 bits per heavy atom. The molecule has 0 bridgehead atoms. The lowest BCUT2D eigenvalue weighted by Gasteiger charge is -2.38. The molecule has 1 aromatic carbocycles. The van der Waals surface area contributed by atoms with Gasteiger partial charge in [0.25, 0.3) is 0 Å². The number of benzene rings is 1. The van der Waals surface area contributed by atoms with Gasteiger partial charge < -0.3 is 9.47 Å². The highest BCUT2D eigenvalue weighted by atomic mass is 16.5. The average Bonchev–Trinajstić information content (AvgIpc) is 2.33. The zero-order chi connectivity index (χ0) is 13.2. The molecular weight excluding hydrogens is 230 g/mol. The Bertz CT molecular complexity index is 500. The second-order valence-corrected chi connectivity index (χ2v) is 4.56. The standard InChI is InChI=1S/C14H17NO3/c1-10-12(17-2)6-5-11(13(10)18-3)14(15-9-16)7-4-8-14/h5-6H,4,7-8H2,1-3H3. The van der Waals surface area contributed by atoms with Crippen molar-refractivity contribution in [3.8, 4) is 11.5 Å². The minimum atomic E-state index is -0.440. The fourth-order valence-electron chi connectivity index (χ4n) is 2.56. The van der Waals surface area contributed by atoms with Crippen LogP contribution in [0.3, 0.4) is 0 Å². The third-order valence-electron chi connectivity index (χ3n) is 3.72. The number of methoxy groups -OCH3 is 2. The highest BCUT2D eigenvalue weighted by Crippen LogP contribution is 2.49. The molecule has 1 aliphatic rings. The van der Waals surface area contributed by atoms with Gasteiger partial charge in [0.15, 0.2) is 0 Å². The van der Waals surface area contributed by atoms with Crippen molar-refractivity contribution in [3.05, 3.63) is 23.3 Å². The summed E-state index contributed by atoms with van der Waals surface area (Å²) in [4.78, 5) is 14.6. The molecule has 96 valence electrons. The highest BCUT2D eigenvalue weighted by molar-refractivity contribution is 5.54. The van der Waals surface area contributed by atoms with Gasteiger partial charge >= 0.3 is 0 Å². The van der Waals surface area contributed by atoms with Crippen LogP contribution in [-0.4, -0.2) is 20.3 Å². The molecule has 0 heterocycles. The van der Waals surface area contributed by atoms with Crippen LogP contribution in [0.1, 0.15) is 30.4 Å². The van der Waals surface area contributed by atoms with Gasteiger partial charge in [-0.1, -0.05) is 0 Å². The van der Waals surface area contributed by atoms with Crippen LogP contribution in [0.25, 0.3) is 0 Å². The maximum atomic E-state index is 10.6. The third-order valence-corrected chi connectivity index (χ3v) is 3.72. The van der Waals surface area contributed by atoms with E-state index < -0.39 is 5.54 Å². The molecule has 0 atom stereocenters. The summed E-state index contributed by atoms with van der Waals surface area (Å²) in [6.45, 7) is 1.94. The molecule has 2 rings (SSSR count). The molecule has 4 nitrogen and oxygen atoms in total. The molecule has 0 saturated heterocycles. The van der Waals surface area contributed by atoms with Crippen molar-refractivity contribution < 1.29 is 14.3 Å². The van der Waals surface area contributed by atoms with Gasteiger partial charge in [-0.05, 0) is 38.3 Å². The van der Waals surface area contributed by atoms with E-state index in [2.05, 4.69) is 4.99 Å². The van der Waals surface area contributed by atoms with Crippen LogP contribution < -0.4 is 9.47 Å². The number of hydrogen-bond acceptors (Lipinski definition) is 4. The van der Waals surface area contributed by atoms with E-state index in [1.807, 2.05) is 19.1 Å². The lowest BCUT2D eigenvalue weighted by molar-refractivity contribution is 0.245. The fraction of sp³-hybridized carbons (Fsp3) is 0.500. The molecule has 0 radical (unpaired) electrons. The van der Waals surface area contributed by atoms with E-state index in [0.29, 0.717) is 0 Å². The van der Waals surface area contributed by atoms with Gasteiger partial charge in [-0.25, -0.2) is 4.79 Å². The molecule has 18 heavy (non-hydrogen) atoms. The minimum absolute atomic E-state index is 0.440. The van der Waals surface area contributed by atoms with Crippen LogP contribution in [-0.2, 0) is 10.3 Å². The van der Waals surface area contributed by atoms with Crippen molar-refractivity contribution >= 4 is 6.08 Å². The molecule has 0 aliphatic heterocycles. The highest BCUT2D eigenvalue weighted by Gasteiger charge is 2.41. The monoisotopic (exact) mass is 247 g/mol. The largest absolute Gasteiger partial charge is 0.496 e. The Morgan fingerprint density at radius 1 is 1.28 bits per heavy atom. The molecule has 0 unspecified atom stereocenters. The van der Waals surface area contributed by atoms with Gasteiger partial charge in [0.1, 0.15) is 17.0 Å². The van der Waals surface area contributed by atoms with Gasteiger partial charge in [0, 0.05) is 11.1 Å². The second kappa shape index (κ2) is 4.83. The molecule has 0 amide bonds. The Balaban J connectivity index is 2.57. The number of ether oxygens (including phenoxy) is 2. The van der Waals surface area contributed by atoms with E-state index in [9.17, 15) is 4.79 Å². The maximum absolute atomic E-state index is 10.6. The van der Waals surface area contributed by atoms with Crippen LogP contribution >= 0.6 is 0 Å². The summed E-state index contributed by atoms with van der Waals surface area (Å²) in [7, 11) is 3.26. The van der Waals surface area contributed by atoms with Crippen molar-refractivity contribution in [2.75, 3.05) is 14.2 Å². The predicted octanol–water partition coefficient (Wildman–Crippen LogP) is 2.73. The Labute approximate surface area is 107 Å². The smallest absolute Gasteiger partial charge is 0.235 e. The summed E-state index contributed by atoms with van der Waals surface area (Å²) < 4.78 is 10.8. The Hall–Kier alpha value is -1.80. The summed E-state index contributed by atoms with van der Waals surface area (Å²) in [5.41, 5.74) is 1.45. The number of rotatable bonds is 4. The van der Waals surface area contributed by atoms with Gasteiger partial charge in [-0.15, -0.1) is 0 Å². The van der Waals surface area contributed by atoms with Crippen molar-refractivity contribution in [2.45, 2.75) is 31.7 Å². The summed E-state index contributed by atoms with van der Waals surface area (Å²) in [5.74, 6) is 1.54. The lowest BCUT2D eigenvalue weighted by atomic mass is 9.71. The average molecular weight is 247 g/mol. The number of carbonyl (C=O) groups excluding carboxylic acids is 1. The first kappa shape index (κ1) is 12.7. The van der Waals surface area contributed by atoms with E-state index >= 15 is 0 Å². The minimum Gasteiger partial charge on any atom is -0.496 e. The molecule has 0 spiro atoms. The zero-order valence-electron chi connectivity index (χ0n) is 10.9. The Morgan fingerprint density at radius 3 is 2.44 bits per heavy atom. The molecule has 0 aromatic heterocycles. The number of aliphatic imine (C=N–C) groups is 1. The number of isocyanates is 1. The molecular formula is C14H17NO3. The molecule has 1 saturated carbocycles. The zero-order valence-corrected chi connectivity index (χ0v) is 10.9. The van der Waals surface area contributed by atoms with E-state index in [0.717, 1.165) is 41.9 Å². The van der Waals surface area contributed by atoms with Crippen molar-refractivity contribution in [3.63, 3.8) is 0 Å². The summed E-state index contributed by atoms with van der Waals surface area (Å²) in [6, 6.07) is 3.83. The molecule has 1 aliphatic carbocycles. The number of hydrogen-bond donors (Lipinski definition) is 0. The summed E-state index contributed by atoms with van der Waals surface area (Å²) in [5, 5.41) is 0. The Kier molecular flexibility index (Phi) is 3.39.